The van der Waals surface area contributed by atoms with Gasteiger partial charge in [-0.15, -0.1) is 0 Å². The number of carbonyl (C=O) groups is 1. The molecule has 2 aromatic rings. The Balaban J connectivity index is 1.87. The first-order chi connectivity index (χ1) is 13.8. The van der Waals surface area contributed by atoms with Gasteiger partial charge in [-0.1, -0.05) is 18.2 Å². The van der Waals surface area contributed by atoms with Gasteiger partial charge in [0.1, 0.15) is 0 Å². The van der Waals surface area contributed by atoms with Gasteiger partial charge in [-0.3, -0.25) is 4.79 Å². The number of nitrogens with zero attached hydrogens (tertiary/aromatic N) is 1. The van der Waals surface area contributed by atoms with E-state index in [4.69, 9.17) is 9.47 Å². The van der Waals surface area contributed by atoms with Crippen LogP contribution in [0.4, 0.5) is 18.9 Å². The normalized spacial score (nSPS) is 16.9. The predicted molar refractivity (Wildman–Crippen MR) is 106 cm³/mol. The predicted octanol–water partition coefficient (Wildman–Crippen LogP) is 5.00. The Labute approximate surface area is 169 Å². The third-order valence-electron chi connectivity index (χ3n) is 3.87. The molecule has 0 atom stereocenters. The topological polar surface area (TPSA) is 59.9 Å². The number of methoxy groups -OCH3 is 1. The average molecular weight is 422 g/mol. The van der Waals surface area contributed by atoms with E-state index in [0.717, 1.165) is 17.8 Å². The average Bonchev–Trinajstić information content (AvgIpc) is 3.01. The van der Waals surface area contributed by atoms with Crippen molar-refractivity contribution in [2.24, 2.45) is 4.99 Å². The van der Waals surface area contributed by atoms with E-state index in [1.807, 2.05) is 6.92 Å². The molecule has 9 heteroatoms. The second kappa shape index (κ2) is 8.60. The number of ether oxygens (including phenoxy) is 2. The van der Waals surface area contributed by atoms with Crippen molar-refractivity contribution in [1.82, 2.24) is 5.32 Å². The second-order valence-electron chi connectivity index (χ2n) is 5.84. The van der Waals surface area contributed by atoms with Crippen molar-refractivity contribution in [1.29, 1.82) is 0 Å². The maximum absolute atomic E-state index is 13.1. The van der Waals surface area contributed by atoms with E-state index in [2.05, 4.69) is 10.3 Å². The van der Waals surface area contributed by atoms with Crippen LogP contribution in [-0.2, 0) is 11.0 Å². The van der Waals surface area contributed by atoms with Crippen molar-refractivity contribution in [3.63, 3.8) is 0 Å². The minimum absolute atomic E-state index is 0.0795. The molecule has 1 amide bonds. The molecule has 1 N–H and O–H groups in total. The molecule has 0 saturated carbocycles. The molecule has 29 heavy (non-hydrogen) atoms. The van der Waals surface area contributed by atoms with Crippen LogP contribution in [0.2, 0.25) is 0 Å². The number of amides is 1. The molecule has 0 radical (unpaired) electrons. The van der Waals surface area contributed by atoms with Gasteiger partial charge in [0.2, 0.25) is 0 Å². The number of halogens is 3. The van der Waals surface area contributed by atoms with Crippen LogP contribution in [0.1, 0.15) is 18.1 Å². The van der Waals surface area contributed by atoms with Crippen LogP contribution in [0.15, 0.2) is 52.4 Å². The number of alkyl halides is 3. The lowest BCUT2D eigenvalue weighted by Gasteiger charge is -2.09. The molecule has 0 bridgehead atoms. The van der Waals surface area contributed by atoms with Gasteiger partial charge in [0, 0.05) is 0 Å². The summed E-state index contributed by atoms with van der Waals surface area (Å²) in [6.45, 7) is 2.33. The largest absolute Gasteiger partial charge is 0.493 e. The lowest BCUT2D eigenvalue weighted by molar-refractivity contribution is -0.137. The summed E-state index contributed by atoms with van der Waals surface area (Å²) in [5.74, 6) is 0.648. The molecule has 1 aliphatic heterocycles. The SMILES string of the molecule is CCOc1ccc(/C=C2/SC(=Nc3ccccc3C(F)(F)F)NC2=O)cc1OC. The van der Waals surface area contributed by atoms with Gasteiger partial charge in [0.15, 0.2) is 16.7 Å². The summed E-state index contributed by atoms with van der Waals surface area (Å²) in [4.78, 5) is 16.5. The van der Waals surface area contributed by atoms with Crippen LogP contribution < -0.4 is 14.8 Å². The molecule has 152 valence electrons. The Hall–Kier alpha value is -2.94. The number of para-hydroxylation sites is 1. The summed E-state index contributed by atoms with van der Waals surface area (Å²) < 4.78 is 50.1. The first-order valence-electron chi connectivity index (χ1n) is 8.58. The molecule has 5 nitrogen and oxygen atoms in total. The number of benzene rings is 2. The first kappa shape index (κ1) is 20.8. The minimum Gasteiger partial charge on any atom is -0.493 e. The van der Waals surface area contributed by atoms with Crippen molar-refractivity contribution >= 4 is 34.6 Å². The quantitative estimate of drug-likeness (QED) is 0.689. The minimum atomic E-state index is -4.54. The fraction of sp³-hybridized carbons (Fsp3) is 0.200. The van der Waals surface area contributed by atoms with Crippen molar-refractivity contribution in [2.75, 3.05) is 13.7 Å². The van der Waals surface area contributed by atoms with Crippen molar-refractivity contribution < 1.29 is 27.4 Å². The first-order valence-corrected chi connectivity index (χ1v) is 9.40. The van der Waals surface area contributed by atoms with Crippen LogP contribution in [0.3, 0.4) is 0 Å². The molecule has 1 fully saturated rings. The van der Waals surface area contributed by atoms with Crippen LogP contribution in [-0.4, -0.2) is 24.8 Å². The molecule has 0 unspecified atom stereocenters. The van der Waals surface area contributed by atoms with E-state index in [9.17, 15) is 18.0 Å². The van der Waals surface area contributed by atoms with Gasteiger partial charge in [0.05, 0.1) is 29.9 Å². The molecule has 2 aromatic carbocycles. The Kier molecular flexibility index (Phi) is 6.17. The molecule has 1 aliphatic rings. The highest BCUT2D eigenvalue weighted by Gasteiger charge is 2.34. The van der Waals surface area contributed by atoms with E-state index in [0.29, 0.717) is 28.6 Å². The van der Waals surface area contributed by atoms with E-state index < -0.39 is 17.6 Å². The lowest BCUT2D eigenvalue weighted by Crippen LogP contribution is -2.19. The maximum atomic E-state index is 13.1. The summed E-state index contributed by atoms with van der Waals surface area (Å²) >= 11 is 0.967. The lowest BCUT2D eigenvalue weighted by atomic mass is 10.2. The molecule has 0 aromatic heterocycles. The smallest absolute Gasteiger partial charge is 0.418 e. The van der Waals surface area contributed by atoms with Crippen LogP contribution >= 0.6 is 11.8 Å². The number of amidine groups is 1. The third kappa shape index (κ3) is 4.92. The second-order valence-corrected chi connectivity index (χ2v) is 6.87. The van der Waals surface area contributed by atoms with Crippen LogP contribution in [0.5, 0.6) is 11.5 Å². The van der Waals surface area contributed by atoms with Gasteiger partial charge in [-0.05, 0) is 54.6 Å². The van der Waals surface area contributed by atoms with E-state index in [1.54, 1.807) is 24.3 Å². The molecular weight excluding hydrogens is 405 g/mol. The zero-order valence-electron chi connectivity index (χ0n) is 15.5. The Morgan fingerprint density at radius 2 is 1.93 bits per heavy atom. The van der Waals surface area contributed by atoms with Crippen LogP contribution in [0, 0.1) is 0 Å². The summed E-state index contributed by atoms with van der Waals surface area (Å²) in [6, 6.07) is 10.1. The highest BCUT2D eigenvalue weighted by molar-refractivity contribution is 8.18. The van der Waals surface area contributed by atoms with Crippen LogP contribution in [0.25, 0.3) is 6.08 Å². The zero-order valence-corrected chi connectivity index (χ0v) is 16.4. The summed E-state index contributed by atoms with van der Waals surface area (Å²) in [6.07, 6.45) is -2.93. The fourth-order valence-corrected chi connectivity index (χ4v) is 3.44. The number of nitrogens with one attached hydrogen (secondary N) is 1. The zero-order chi connectivity index (χ0) is 21.0. The van der Waals surface area contributed by atoms with E-state index in [-0.39, 0.29) is 10.9 Å². The highest BCUT2D eigenvalue weighted by Crippen LogP contribution is 2.37. The standard InChI is InChI=1S/C20H17F3N2O3S/c1-3-28-15-9-8-12(10-16(15)27-2)11-17-18(26)25-19(29-17)24-14-7-5-4-6-13(14)20(21,22)23/h4-11H,3H2,1-2H3,(H,24,25,26)/b17-11+. The van der Waals surface area contributed by atoms with Gasteiger partial charge < -0.3 is 14.8 Å². The number of thioether (sulfide) groups is 1. The number of hydrogen-bond acceptors (Lipinski definition) is 5. The van der Waals surface area contributed by atoms with Gasteiger partial charge in [-0.2, -0.15) is 13.2 Å². The highest BCUT2D eigenvalue weighted by atomic mass is 32.2. The molecular formula is C20H17F3N2O3S. The molecule has 1 heterocycles. The third-order valence-corrected chi connectivity index (χ3v) is 4.78. The number of hydrogen-bond donors (Lipinski definition) is 1. The molecule has 1 saturated heterocycles. The van der Waals surface area contributed by atoms with E-state index >= 15 is 0 Å². The molecule has 3 rings (SSSR count). The van der Waals surface area contributed by atoms with Crippen molar-refractivity contribution in [2.45, 2.75) is 13.1 Å². The Morgan fingerprint density at radius 1 is 1.17 bits per heavy atom. The summed E-state index contributed by atoms with van der Waals surface area (Å²) in [7, 11) is 1.51. The van der Waals surface area contributed by atoms with Crippen molar-refractivity contribution in [3.05, 3.63) is 58.5 Å². The summed E-state index contributed by atoms with van der Waals surface area (Å²) in [5.41, 5.74) is -0.442. The molecule has 0 aliphatic carbocycles. The fourth-order valence-electron chi connectivity index (χ4n) is 2.60. The Bertz CT molecular complexity index is 987. The van der Waals surface area contributed by atoms with Crippen molar-refractivity contribution in [3.8, 4) is 11.5 Å². The Morgan fingerprint density at radius 3 is 2.62 bits per heavy atom. The number of rotatable bonds is 5. The molecule has 0 spiro atoms. The van der Waals surface area contributed by atoms with Gasteiger partial charge >= 0.3 is 6.18 Å². The number of aliphatic imine (C=N–C) groups is 1. The van der Waals surface area contributed by atoms with E-state index in [1.165, 1.54) is 25.3 Å². The maximum Gasteiger partial charge on any atom is 0.418 e. The number of carbonyl (C=O) groups excluding carboxylic acids is 1. The summed E-state index contributed by atoms with van der Waals surface area (Å²) in [5, 5.41) is 2.57. The van der Waals surface area contributed by atoms with Gasteiger partial charge in [0.25, 0.3) is 5.91 Å². The monoisotopic (exact) mass is 422 g/mol. The van der Waals surface area contributed by atoms with Gasteiger partial charge in [-0.25, -0.2) is 4.99 Å².